The molecule has 25 heavy (non-hydrogen) atoms. The summed E-state index contributed by atoms with van der Waals surface area (Å²) in [7, 11) is 0. The molecule has 138 valence electrons. The third-order valence-electron chi connectivity index (χ3n) is 3.28. The fourth-order valence-corrected chi connectivity index (χ4v) is 2.49. The van der Waals surface area contributed by atoms with Gasteiger partial charge in [0.15, 0.2) is 5.17 Å². The van der Waals surface area contributed by atoms with Gasteiger partial charge in [-0.2, -0.15) is 4.98 Å². The minimum atomic E-state index is 0.00693. The van der Waals surface area contributed by atoms with Crippen LogP contribution in [-0.2, 0) is 9.47 Å². The number of nitrogens with two attached hydrogens (primary N) is 2. The van der Waals surface area contributed by atoms with Gasteiger partial charge >= 0.3 is 0 Å². The molecule has 1 unspecified atom stereocenters. The molecule has 1 fully saturated rings. The molecule has 0 aliphatic carbocycles. The van der Waals surface area contributed by atoms with Crippen LogP contribution < -0.4 is 16.8 Å². The average molecular weight is 410 g/mol. The van der Waals surface area contributed by atoms with Crippen LogP contribution in [0, 0.1) is 0 Å². The van der Waals surface area contributed by atoms with E-state index in [2.05, 4.69) is 20.3 Å². The summed E-state index contributed by atoms with van der Waals surface area (Å²) < 4.78 is 10.6. The van der Waals surface area contributed by atoms with Gasteiger partial charge in [0.05, 0.1) is 25.5 Å². The second kappa shape index (κ2) is 9.86. The zero-order valence-electron chi connectivity index (χ0n) is 13.3. The number of hydrogen-bond donors (Lipinski definition) is 3. The van der Waals surface area contributed by atoms with Crippen LogP contribution in [0.25, 0.3) is 0 Å². The molecule has 0 amide bonds. The molecule has 2 rings (SSSR count). The summed E-state index contributed by atoms with van der Waals surface area (Å²) in [4.78, 5) is 12.0. The zero-order chi connectivity index (χ0) is 18.2. The highest BCUT2D eigenvalue weighted by Crippen LogP contribution is 2.19. The largest absolute Gasteiger partial charge is 0.478 e. The smallest absolute Gasteiger partial charge is 0.224 e. The number of halogens is 3. The van der Waals surface area contributed by atoms with Crippen molar-refractivity contribution in [2.45, 2.75) is 18.9 Å². The number of aromatic nitrogens is 2. The summed E-state index contributed by atoms with van der Waals surface area (Å²) in [5, 5.41) is 3.66. The second-order valence-corrected chi connectivity index (χ2v) is 6.28. The molecule has 1 aliphatic heterocycles. The Hall–Kier alpha value is -1.48. The lowest BCUT2D eigenvalue weighted by Crippen LogP contribution is -2.20. The highest BCUT2D eigenvalue weighted by atomic mass is 35.5. The minimum absolute atomic E-state index is 0.00693. The molecule has 0 radical (unpaired) electrons. The molecule has 5 N–H and O–H groups in total. The molecule has 1 aromatic rings. The number of nitrogens with one attached hydrogen (secondary N) is 1. The van der Waals surface area contributed by atoms with Gasteiger partial charge in [-0.15, -0.1) is 0 Å². The maximum atomic E-state index is 6.06. The molecule has 0 spiro atoms. The van der Waals surface area contributed by atoms with E-state index in [0.717, 1.165) is 6.42 Å². The van der Waals surface area contributed by atoms with Crippen molar-refractivity contribution in [3.05, 3.63) is 28.1 Å². The molecule has 2 heterocycles. The third-order valence-corrected chi connectivity index (χ3v) is 4.04. The van der Waals surface area contributed by atoms with Crippen molar-refractivity contribution in [2.75, 3.05) is 31.7 Å². The molecule has 11 heteroatoms. The third kappa shape index (κ3) is 6.39. The van der Waals surface area contributed by atoms with E-state index in [4.69, 9.17) is 55.7 Å². The molecule has 0 bridgehead atoms. The van der Waals surface area contributed by atoms with Crippen LogP contribution in [0.1, 0.15) is 12.8 Å². The number of aliphatic imine (C=N–C) groups is 1. The van der Waals surface area contributed by atoms with Crippen molar-refractivity contribution in [3.63, 3.8) is 0 Å². The Morgan fingerprint density at radius 1 is 1.44 bits per heavy atom. The Kier molecular flexibility index (Phi) is 7.83. The number of ether oxygens (including phenoxy) is 2. The van der Waals surface area contributed by atoms with Gasteiger partial charge in [0.1, 0.15) is 16.5 Å². The number of nitrogens with zero attached hydrogens (tertiary/aromatic N) is 3. The maximum absolute atomic E-state index is 6.06. The standard InChI is InChI=1S/C14H19Cl3N6O2/c15-9-6-21-14(17)23-13(9)20-3-1-4-25-12(19)10(18)11(16)22-8-2-5-24-7-8/h6,8H,1-5,7,18-19H2,(H,20,21,23)/b12-10-,22-11?. The van der Waals surface area contributed by atoms with E-state index in [1.54, 1.807) is 0 Å². The monoisotopic (exact) mass is 408 g/mol. The minimum Gasteiger partial charge on any atom is -0.478 e. The van der Waals surface area contributed by atoms with E-state index >= 15 is 0 Å². The molecule has 0 aromatic carbocycles. The highest BCUT2D eigenvalue weighted by Gasteiger charge is 2.16. The first kappa shape index (κ1) is 19.8. The Labute approximate surface area is 160 Å². The zero-order valence-corrected chi connectivity index (χ0v) is 15.6. The first-order valence-corrected chi connectivity index (χ1v) is 8.72. The molecular formula is C14H19Cl3N6O2. The normalized spacial score (nSPS) is 18.8. The number of hydrogen-bond acceptors (Lipinski definition) is 8. The van der Waals surface area contributed by atoms with Gasteiger partial charge in [0.2, 0.25) is 11.2 Å². The topological polar surface area (TPSA) is 121 Å². The Bertz CT molecular complexity index is 649. The van der Waals surface area contributed by atoms with E-state index < -0.39 is 0 Å². The first-order chi connectivity index (χ1) is 12.0. The van der Waals surface area contributed by atoms with Gasteiger partial charge in [0.25, 0.3) is 0 Å². The Morgan fingerprint density at radius 3 is 2.96 bits per heavy atom. The van der Waals surface area contributed by atoms with E-state index in [9.17, 15) is 0 Å². The number of rotatable bonds is 8. The van der Waals surface area contributed by atoms with Gasteiger partial charge in [0, 0.05) is 13.2 Å². The fraction of sp³-hybridized carbons (Fsp3) is 0.500. The number of anilines is 1. The summed E-state index contributed by atoms with van der Waals surface area (Å²) in [6, 6.07) is 0.00693. The van der Waals surface area contributed by atoms with Crippen LogP contribution >= 0.6 is 34.8 Å². The van der Waals surface area contributed by atoms with Crippen LogP contribution in [0.2, 0.25) is 10.3 Å². The predicted octanol–water partition coefficient (Wildman–Crippen LogP) is 2.11. The van der Waals surface area contributed by atoms with Crippen LogP contribution in [0.4, 0.5) is 5.82 Å². The van der Waals surface area contributed by atoms with Gasteiger partial charge in [-0.05, 0) is 24.4 Å². The lowest BCUT2D eigenvalue weighted by Gasteiger charge is -2.11. The number of allylic oxidation sites excluding steroid dienone is 1. The Balaban J connectivity index is 1.75. The molecule has 8 nitrogen and oxygen atoms in total. The molecule has 1 saturated heterocycles. The van der Waals surface area contributed by atoms with Crippen molar-refractivity contribution >= 4 is 45.8 Å². The summed E-state index contributed by atoms with van der Waals surface area (Å²) in [6.07, 6.45) is 2.86. The van der Waals surface area contributed by atoms with Gasteiger partial charge < -0.3 is 26.3 Å². The molecule has 0 saturated carbocycles. The van der Waals surface area contributed by atoms with Gasteiger partial charge in [-0.3, -0.25) is 4.99 Å². The van der Waals surface area contributed by atoms with Crippen molar-refractivity contribution in [3.8, 4) is 0 Å². The Morgan fingerprint density at radius 2 is 2.24 bits per heavy atom. The van der Waals surface area contributed by atoms with Crippen LogP contribution in [0.15, 0.2) is 22.8 Å². The van der Waals surface area contributed by atoms with Crippen molar-refractivity contribution < 1.29 is 9.47 Å². The van der Waals surface area contributed by atoms with Crippen LogP contribution in [-0.4, -0.2) is 47.5 Å². The van der Waals surface area contributed by atoms with Crippen molar-refractivity contribution in [1.29, 1.82) is 0 Å². The maximum Gasteiger partial charge on any atom is 0.224 e. The molecule has 1 atom stereocenters. The van der Waals surface area contributed by atoms with E-state index in [0.29, 0.717) is 43.6 Å². The molecule has 1 aromatic heterocycles. The van der Waals surface area contributed by atoms with Gasteiger partial charge in [-0.1, -0.05) is 23.2 Å². The predicted molar refractivity (Wildman–Crippen MR) is 99.0 cm³/mol. The quantitative estimate of drug-likeness (QED) is 0.260. The highest BCUT2D eigenvalue weighted by molar-refractivity contribution is 6.69. The van der Waals surface area contributed by atoms with Crippen molar-refractivity contribution in [1.82, 2.24) is 9.97 Å². The lowest BCUT2D eigenvalue weighted by molar-refractivity contribution is 0.194. The average Bonchev–Trinajstić information content (AvgIpc) is 3.09. The lowest BCUT2D eigenvalue weighted by atomic mass is 10.3. The summed E-state index contributed by atoms with van der Waals surface area (Å²) in [6.45, 7) is 2.07. The molecular weight excluding hydrogens is 391 g/mol. The van der Waals surface area contributed by atoms with E-state index in [-0.39, 0.29) is 28.1 Å². The molecule has 1 aliphatic rings. The first-order valence-electron chi connectivity index (χ1n) is 7.58. The van der Waals surface area contributed by atoms with E-state index in [1.165, 1.54) is 6.20 Å². The second-order valence-electron chi connectivity index (χ2n) is 5.18. The van der Waals surface area contributed by atoms with Crippen LogP contribution in [0.5, 0.6) is 0 Å². The summed E-state index contributed by atoms with van der Waals surface area (Å²) in [5.41, 5.74) is 11.7. The van der Waals surface area contributed by atoms with Crippen LogP contribution in [0.3, 0.4) is 0 Å². The van der Waals surface area contributed by atoms with Gasteiger partial charge in [-0.25, -0.2) is 4.98 Å². The summed E-state index contributed by atoms with van der Waals surface area (Å²) >= 11 is 17.7. The van der Waals surface area contributed by atoms with Crippen molar-refractivity contribution in [2.24, 2.45) is 16.5 Å². The summed E-state index contributed by atoms with van der Waals surface area (Å²) in [5.74, 6) is 0.495. The van der Waals surface area contributed by atoms with E-state index in [1.807, 2.05) is 0 Å². The SMILES string of the molecule is N/C(OCCCNc1nc(Cl)ncc1Cl)=C(/N)C(Cl)=NC1CCOC1. The fourth-order valence-electron chi connectivity index (χ4n) is 1.96.